The molecule has 158 valence electrons. The smallest absolute Gasteiger partial charge is 0.201 e. The lowest BCUT2D eigenvalue weighted by atomic mass is 9.83. The summed E-state index contributed by atoms with van der Waals surface area (Å²) in [6.07, 6.45) is -1.26. The SMILES string of the molecule is [2H]C([2H])(c1cc(-c2cc[n+](C)c(-c3ccccc3C)c2)cc(C([2H])([2H])C(C)(C)C)c1)C(C)(C)C. The number of aryl methyl sites for hydroxylation is 2. The van der Waals surface area contributed by atoms with Gasteiger partial charge in [0.25, 0.3) is 0 Å². The Labute approximate surface area is 189 Å². The van der Waals surface area contributed by atoms with Crippen LogP contribution in [0.4, 0.5) is 0 Å². The second-order valence-corrected chi connectivity index (χ2v) is 10.3. The van der Waals surface area contributed by atoms with Crippen LogP contribution in [0, 0.1) is 17.8 Å². The van der Waals surface area contributed by atoms with E-state index in [0.717, 1.165) is 22.4 Å². The molecule has 30 heavy (non-hydrogen) atoms. The molecule has 0 N–H and O–H groups in total. The van der Waals surface area contributed by atoms with Gasteiger partial charge in [-0.1, -0.05) is 77.9 Å². The highest BCUT2D eigenvalue weighted by Gasteiger charge is 2.18. The molecule has 0 atom stereocenters. The van der Waals surface area contributed by atoms with Crippen LogP contribution in [0.1, 0.15) is 63.7 Å². The summed E-state index contributed by atoms with van der Waals surface area (Å²) in [7, 11) is 2.02. The Morgan fingerprint density at radius 1 is 0.767 bits per heavy atom. The van der Waals surface area contributed by atoms with E-state index in [0.29, 0.717) is 11.1 Å². The van der Waals surface area contributed by atoms with Gasteiger partial charge in [-0.2, -0.15) is 0 Å². The number of nitrogens with zero attached hydrogens (tertiary/aromatic N) is 1. The van der Waals surface area contributed by atoms with Crippen LogP contribution >= 0.6 is 0 Å². The van der Waals surface area contributed by atoms with Crippen molar-refractivity contribution in [1.82, 2.24) is 0 Å². The van der Waals surface area contributed by atoms with E-state index in [2.05, 4.69) is 29.7 Å². The summed E-state index contributed by atoms with van der Waals surface area (Å²) in [4.78, 5) is 0. The molecule has 0 spiro atoms. The minimum absolute atomic E-state index is 0.506. The summed E-state index contributed by atoms with van der Waals surface area (Å²) in [6, 6.07) is 17.9. The van der Waals surface area contributed by atoms with E-state index in [1.54, 1.807) is 6.07 Å². The van der Waals surface area contributed by atoms with Crippen LogP contribution in [0.5, 0.6) is 0 Å². The van der Waals surface area contributed by atoms with Crippen LogP contribution in [0.2, 0.25) is 0 Å². The van der Waals surface area contributed by atoms with Gasteiger partial charge in [0.2, 0.25) is 5.69 Å². The molecule has 2 aromatic carbocycles. The zero-order chi connectivity index (χ0) is 25.7. The van der Waals surface area contributed by atoms with Crippen molar-refractivity contribution in [2.75, 3.05) is 0 Å². The van der Waals surface area contributed by atoms with E-state index in [9.17, 15) is 0 Å². The predicted molar refractivity (Wildman–Crippen MR) is 130 cm³/mol. The van der Waals surface area contributed by atoms with Crippen LogP contribution in [0.25, 0.3) is 22.4 Å². The number of rotatable bonds is 4. The monoisotopic (exact) mass is 404 g/mol. The molecular formula is C29H38N+. The zero-order valence-corrected chi connectivity index (χ0v) is 19.7. The van der Waals surface area contributed by atoms with Crippen molar-refractivity contribution in [3.05, 3.63) is 77.5 Å². The second-order valence-electron chi connectivity index (χ2n) is 10.3. The topological polar surface area (TPSA) is 3.88 Å². The molecule has 0 aliphatic rings. The first-order valence-corrected chi connectivity index (χ1v) is 10.7. The molecule has 1 heteroatoms. The number of aromatic nitrogens is 1. The minimum atomic E-state index is -1.63. The first-order valence-electron chi connectivity index (χ1n) is 12.7. The van der Waals surface area contributed by atoms with Crippen molar-refractivity contribution in [3.63, 3.8) is 0 Å². The van der Waals surface area contributed by atoms with Gasteiger partial charge in [0.05, 0.1) is 0 Å². The molecule has 0 aliphatic heterocycles. The highest BCUT2D eigenvalue weighted by atomic mass is 14.9. The molecule has 1 nitrogen and oxygen atoms in total. The molecule has 0 saturated heterocycles. The molecule has 3 aromatic rings. The average molecular weight is 405 g/mol. The normalized spacial score (nSPS) is 15.2. The van der Waals surface area contributed by atoms with Crippen LogP contribution in [0.3, 0.4) is 0 Å². The third-order valence-corrected chi connectivity index (χ3v) is 4.88. The van der Waals surface area contributed by atoms with Gasteiger partial charge in [0, 0.05) is 23.2 Å². The number of pyridine rings is 1. The second kappa shape index (κ2) is 8.38. The number of benzene rings is 2. The first kappa shape index (κ1) is 17.3. The third kappa shape index (κ3) is 5.81. The lowest BCUT2D eigenvalue weighted by Crippen LogP contribution is -2.30. The Morgan fingerprint density at radius 2 is 1.33 bits per heavy atom. The van der Waals surface area contributed by atoms with Crippen molar-refractivity contribution in [2.24, 2.45) is 17.9 Å². The first-order chi connectivity index (χ1) is 15.5. The van der Waals surface area contributed by atoms with E-state index < -0.39 is 23.6 Å². The Hall–Kier alpha value is -2.41. The van der Waals surface area contributed by atoms with Crippen LogP contribution in [-0.4, -0.2) is 0 Å². The van der Waals surface area contributed by atoms with Crippen molar-refractivity contribution in [2.45, 2.75) is 61.2 Å². The lowest BCUT2D eigenvalue weighted by Gasteiger charge is -2.22. The Kier molecular flexibility index (Phi) is 4.83. The minimum Gasteiger partial charge on any atom is -0.201 e. The van der Waals surface area contributed by atoms with Crippen molar-refractivity contribution in [1.29, 1.82) is 0 Å². The molecule has 0 unspecified atom stereocenters. The van der Waals surface area contributed by atoms with Gasteiger partial charge in [-0.05, 0) is 64.4 Å². The largest absolute Gasteiger partial charge is 0.213 e. The fraction of sp³-hybridized carbons (Fsp3) is 0.414. The Morgan fingerprint density at radius 3 is 1.87 bits per heavy atom. The molecule has 1 aromatic heterocycles. The molecule has 0 radical (unpaired) electrons. The summed E-state index contributed by atoms with van der Waals surface area (Å²) < 4.78 is 37.7. The molecule has 3 rings (SSSR count). The van der Waals surface area contributed by atoms with E-state index in [1.807, 2.05) is 85.1 Å². The van der Waals surface area contributed by atoms with Crippen molar-refractivity contribution < 1.29 is 10.1 Å². The van der Waals surface area contributed by atoms with Gasteiger partial charge >= 0.3 is 0 Å². The molecule has 0 bridgehead atoms. The van der Waals surface area contributed by atoms with E-state index in [4.69, 9.17) is 5.48 Å². The molecule has 0 saturated carbocycles. The summed E-state index contributed by atoms with van der Waals surface area (Å²) in [5, 5.41) is 0. The maximum Gasteiger partial charge on any atom is 0.213 e. The van der Waals surface area contributed by atoms with E-state index in [-0.39, 0.29) is 0 Å². The maximum absolute atomic E-state index is 8.91. The third-order valence-electron chi connectivity index (χ3n) is 4.88. The molecule has 0 amide bonds. The molecule has 0 aliphatic carbocycles. The van der Waals surface area contributed by atoms with Crippen molar-refractivity contribution in [3.8, 4) is 22.4 Å². The Bertz CT molecular complexity index is 1150. The van der Waals surface area contributed by atoms with E-state index >= 15 is 0 Å². The van der Waals surface area contributed by atoms with Gasteiger partial charge in [-0.25, -0.2) is 4.57 Å². The van der Waals surface area contributed by atoms with Gasteiger partial charge in [0.15, 0.2) is 6.20 Å². The fourth-order valence-electron chi connectivity index (χ4n) is 3.68. The molecular weight excluding hydrogens is 362 g/mol. The van der Waals surface area contributed by atoms with Crippen LogP contribution in [-0.2, 0) is 19.8 Å². The summed E-state index contributed by atoms with van der Waals surface area (Å²) >= 11 is 0. The highest BCUT2D eigenvalue weighted by Crippen LogP contribution is 2.31. The summed E-state index contributed by atoms with van der Waals surface area (Å²) in [5.41, 5.74) is 4.85. The van der Waals surface area contributed by atoms with Gasteiger partial charge in [-0.15, -0.1) is 0 Å². The van der Waals surface area contributed by atoms with E-state index in [1.165, 1.54) is 5.56 Å². The Balaban J connectivity index is 2.31. The lowest BCUT2D eigenvalue weighted by molar-refractivity contribution is -0.660. The summed E-state index contributed by atoms with van der Waals surface area (Å²) in [6.45, 7) is 13.4. The predicted octanol–water partition coefficient (Wildman–Crippen LogP) is 7.33. The zero-order valence-electron chi connectivity index (χ0n) is 23.7. The average Bonchev–Trinajstić information content (AvgIpc) is 2.72. The summed E-state index contributed by atoms with van der Waals surface area (Å²) in [5.74, 6) is 0. The standard InChI is InChI=1S/C29H38N/c1-21-11-9-10-12-26(21)27-18-24(13-14-30(27)8)25-16-22(19-28(2,3)4)15-23(17-25)20-29(5,6)7/h9-18H,19-20H2,1-8H3/q+1/i19D2,20D2. The number of hydrogen-bond donors (Lipinski definition) is 0. The molecule has 0 fully saturated rings. The van der Waals surface area contributed by atoms with Gasteiger partial charge in [0.1, 0.15) is 7.05 Å². The van der Waals surface area contributed by atoms with Gasteiger partial charge < -0.3 is 0 Å². The highest BCUT2D eigenvalue weighted by molar-refractivity contribution is 5.71. The van der Waals surface area contributed by atoms with Crippen molar-refractivity contribution >= 4 is 0 Å². The van der Waals surface area contributed by atoms with Gasteiger partial charge in [-0.3, -0.25) is 0 Å². The van der Waals surface area contributed by atoms with Crippen LogP contribution < -0.4 is 4.57 Å². The quantitative estimate of drug-likeness (QED) is 0.401. The van der Waals surface area contributed by atoms with Crippen LogP contribution in [0.15, 0.2) is 60.8 Å². The number of hydrogen-bond acceptors (Lipinski definition) is 0. The molecule has 1 heterocycles. The fourth-order valence-corrected chi connectivity index (χ4v) is 3.68. The maximum atomic E-state index is 8.91.